The number of rotatable bonds is 4. The Labute approximate surface area is 125 Å². The number of piperazine rings is 1. The summed E-state index contributed by atoms with van der Waals surface area (Å²) in [6.07, 6.45) is 0. The van der Waals surface area contributed by atoms with Crippen LogP contribution in [0.2, 0.25) is 0 Å². The van der Waals surface area contributed by atoms with Crippen molar-refractivity contribution in [3.8, 4) is 0 Å². The topological polar surface area (TPSA) is 69.8 Å². The second-order valence-electron chi connectivity index (χ2n) is 6.30. The minimum Gasteiger partial charge on any atom is -0.389 e. The summed E-state index contributed by atoms with van der Waals surface area (Å²) in [6.45, 7) is 9.35. The van der Waals surface area contributed by atoms with Crippen LogP contribution in [0.1, 0.15) is 19.4 Å². The van der Waals surface area contributed by atoms with Crippen LogP contribution in [0, 0.1) is 17.0 Å². The molecule has 0 aromatic heterocycles. The van der Waals surface area contributed by atoms with Crippen molar-refractivity contribution >= 4 is 11.4 Å². The molecule has 0 aliphatic carbocycles. The van der Waals surface area contributed by atoms with E-state index in [2.05, 4.69) is 9.80 Å². The number of benzene rings is 1. The summed E-state index contributed by atoms with van der Waals surface area (Å²) in [7, 11) is 0. The Hall–Kier alpha value is -1.66. The zero-order chi connectivity index (χ0) is 15.6. The fourth-order valence-electron chi connectivity index (χ4n) is 2.70. The number of aliphatic hydroxyl groups is 1. The largest absolute Gasteiger partial charge is 0.389 e. The van der Waals surface area contributed by atoms with Crippen molar-refractivity contribution in [3.05, 3.63) is 33.9 Å². The van der Waals surface area contributed by atoms with Crippen molar-refractivity contribution in [2.75, 3.05) is 37.6 Å². The first kappa shape index (κ1) is 15.7. The number of anilines is 1. The molecule has 1 aliphatic heterocycles. The molecule has 1 N–H and O–H groups in total. The van der Waals surface area contributed by atoms with Crippen LogP contribution >= 0.6 is 0 Å². The summed E-state index contributed by atoms with van der Waals surface area (Å²) in [6, 6.07) is 5.39. The highest BCUT2D eigenvalue weighted by Gasteiger charge is 2.23. The van der Waals surface area contributed by atoms with E-state index in [1.54, 1.807) is 19.1 Å². The Morgan fingerprint density at radius 3 is 2.43 bits per heavy atom. The maximum absolute atomic E-state index is 11.0. The number of hydrogen-bond acceptors (Lipinski definition) is 5. The van der Waals surface area contributed by atoms with Gasteiger partial charge in [-0.1, -0.05) is 6.07 Å². The molecule has 6 heteroatoms. The van der Waals surface area contributed by atoms with Gasteiger partial charge in [0.25, 0.3) is 5.69 Å². The number of nitrogens with zero attached hydrogens (tertiary/aromatic N) is 3. The molecular formula is C15H23N3O3. The van der Waals surface area contributed by atoms with E-state index in [0.717, 1.165) is 31.9 Å². The van der Waals surface area contributed by atoms with Crippen LogP contribution in [-0.2, 0) is 0 Å². The normalized spacial score (nSPS) is 17.0. The highest BCUT2D eigenvalue weighted by molar-refractivity contribution is 5.56. The lowest BCUT2D eigenvalue weighted by atomic mass is 10.1. The van der Waals surface area contributed by atoms with Crippen LogP contribution in [0.25, 0.3) is 0 Å². The molecule has 0 amide bonds. The van der Waals surface area contributed by atoms with Gasteiger partial charge in [-0.3, -0.25) is 15.0 Å². The van der Waals surface area contributed by atoms with E-state index in [1.807, 2.05) is 19.9 Å². The molecule has 1 aromatic rings. The van der Waals surface area contributed by atoms with E-state index in [9.17, 15) is 15.2 Å². The maximum Gasteiger partial charge on any atom is 0.274 e. The van der Waals surface area contributed by atoms with Crippen molar-refractivity contribution in [2.24, 2.45) is 0 Å². The summed E-state index contributed by atoms with van der Waals surface area (Å²) >= 11 is 0. The summed E-state index contributed by atoms with van der Waals surface area (Å²) in [5.74, 6) is 0. The molecule has 21 heavy (non-hydrogen) atoms. The molecule has 0 unspecified atom stereocenters. The molecular weight excluding hydrogens is 270 g/mol. The van der Waals surface area contributed by atoms with Crippen LogP contribution in [-0.4, -0.2) is 53.3 Å². The highest BCUT2D eigenvalue weighted by Crippen LogP contribution is 2.26. The van der Waals surface area contributed by atoms with E-state index in [1.165, 1.54) is 0 Å². The smallest absolute Gasteiger partial charge is 0.274 e. The Bertz CT molecular complexity index is 517. The molecule has 1 saturated heterocycles. The van der Waals surface area contributed by atoms with Gasteiger partial charge < -0.3 is 10.0 Å². The third kappa shape index (κ3) is 4.15. The quantitative estimate of drug-likeness (QED) is 0.677. The van der Waals surface area contributed by atoms with E-state index in [4.69, 9.17) is 0 Å². The van der Waals surface area contributed by atoms with Gasteiger partial charge in [0, 0.05) is 50.0 Å². The average Bonchev–Trinajstić information content (AvgIpc) is 2.38. The predicted molar refractivity (Wildman–Crippen MR) is 82.8 cm³/mol. The summed E-state index contributed by atoms with van der Waals surface area (Å²) in [5.41, 5.74) is 1.07. The minimum atomic E-state index is -0.690. The van der Waals surface area contributed by atoms with Gasteiger partial charge in [-0.25, -0.2) is 0 Å². The van der Waals surface area contributed by atoms with Gasteiger partial charge >= 0.3 is 0 Å². The van der Waals surface area contributed by atoms with Gasteiger partial charge in [0.1, 0.15) is 0 Å². The molecule has 2 rings (SSSR count). The van der Waals surface area contributed by atoms with Crippen LogP contribution in [0.5, 0.6) is 0 Å². The first-order valence-corrected chi connectivity index (χ1v) is 7.21. The van der Waals surface area contributed by atoms with Gasteiger partial charge in [0.2, 0.25) is 0 Å². The lowest BCUT2D eigenvalue weighted by molar-refractivity contribution is -0.385. The first-order chi connectivity index (χ1) is 9.76. The molecule has 1 fully saturated rings. The number of β-amino-alcohol motifs (C(OH)–C–C–N with tert-alkyl or cyclic N) is 1. The lowest BCUT2D eigenvalue weighted by Crippen LogP contribution is -2.50. The standard InChI is InChI=1S/C15H23N3O3/c1-12-4-5-13(10-14(12)18(20)21)17-8-6-16(7-9-17)11-15(2,3)19/h4-5,10,19H,6-9,11H2,1-3H3. The lowest BCUT2D eigenvalue weighted by Gasteiger charge is -2.38. The number of aryl methyl sites for hydroxylation is 1. The number of hydrogen-bond donors (Lipinski definition) is 1. The van der Waals surface area contributed by atoms with Crippen molar-refractivity contribution in [3.63, 3.8) is 0 Å². The maximum atomic E-state index is 11.0. The van der Waals surface area contributed by atoms with E-state index >= 15 is 0 Å². The average molecular weight is 293 g/mol. The fourth-order valence-corrected chi connectivity index (χ4v) is 2.70. The van der Waals surface area contributed by atoms with Crippen molar-refractivity contribution in [1.29, 1.82) is 0 Å². The molecule has 1 aliphatic rings. The van der Waals surface area contributed by atoms with Crippen LogP contribution in [0.4, 0.5) is 11.4 Å². The SMILES string of the molecule is Cc1ccc(N2CCN(CC(C)(C)O)CC2)cc1[N+](=O)[O-]. The predicted octanol–water partition coefficient (Wildman–Crippen LogP) is 1.80. The minimum absolute atomic E-state index is 0.173. The number of nitro benzene ring substituents is 1. The van der Waals surface area contributed by atoms with E-state index in [0.29, 0.717) is 12.1 Å². The highest BCUT2D eigenvalue weighted by atomic mass is 16.6. The fraction of sp³-hybridized carbons (Fsp3) is 0.600. The van der Waals surface area contributed by atoms with Crippen LogP contribution < -0.4 is 4.90 Å². The molecule has 0 spiro atoms. The Morgan fingerprint density at radius 2 is 1.90 bits per heavy atom. The third-order valence-corrected chi connectivity index (χ3v) is 3.74. The van der Waals surface area contributed by atoms with Gasteiger partial charge in [0.05, 0.1) is 10.5 Å². The van der Waals surface area contributed by atoms with Crippen LogP contribution in [0.3, 0.4) is 0 Å². The van der Waals surface area contributed by atoms with Crippen LogP contribution in [0.15, 0.2) is 18.2 Å². The molecule has 0 atom stereocenters. The molecule has 1 aromatic carbocycles. The second kappa shape index (κ2) is 5.99. The zero-order valence-electron chi connectivity index (χ0n) is 12.9. The van der Waals surface area contributed by atoms with Crippen molar-refractivity contribution in [2.45, 2.75) is 26.4 Å². The Balaban J connectivity index is 2.02. The number of nitro groups is 1. The van der Waals surface area contributed by atoms with Crippen molar-refractivity contribution in [1.82, 2.24) is 4.90 Å². The molecule has 116 valence electrons. The molecule has 1 heterocycles. The second-order valence-corrected chi connectivity index (χ2v) is 6.30. The van der Waals surface area contributed by atoms with E-state index < -0.39 is 5.60 Å². The summed E-state index contributed by atoms with van der Waals surface area (Å²) < 4.78 is 0. The summed E-state index contributed by atoms with van der Waals surface area (Å²) in [5, 5.41) is 20.9. The molecule has 6 nitrogen and oxygen atoms in total. The zero-order valence-corrected chi connectivity index (χ0v) is 12.9. The third-order valence-electron chi connectivity index (χ3n) is 3.74. The Morgan fingerprint density at radius 1 is 1.29 bits per heavy atom. The van der Waals surface area contributed by atoms with Gasteiger partial charge in [-0.15, -0.1) is 0 Å². The summed E-state index contributed by atoms with van der Waals surface area (Å²) in [4.78, 5) is 15.1. The molecule has 0 saturated carbocycles. The molecule has 0 radical (unpaired) electrons. The van der Waals surface area contributed by atoms with Crippen molar-refractivity contribution < 1.29 is 10.0 Å². The van der Waals surface area contributed by atoms with Gasteiger partial charge in [-0.05, 0) is 26.8 Å². The monoisotopic (exact) mass is 293 g/mol. The first-order valence-electron chi connectivity index (χ1n) is 7.21. The van der Waals surface area contributed by atoms with E-state index in [-0.39, 0.29) is 10.6 Å². The van der Waals surface area contributed by atoms with Gasteiger partial charge in [-0.2, -0.15) is 0 Å². The Kier molecular flexibility index (Phi) is 4.49. The van der Waals surface area contributed by atoms with Gasteiger partial charge in [0.15, 0.2) is 0 Å². The molecule has 0 bridgehead atoms.